The van der Waals surface area contributed by atoms with Crippen molar-refractivity contribution < 1.29 is 23.5 Å². The second kappa shape index (κ2) is 7.92. The molecule has 0 atom stereocenters. The molecule has 0 spiro atoms. The average Bonchev–Trinajstić information content (AvgIpc) is 2.40. The van der Waals surface area contributed by atoms with E-state index in [1.54, 1.807) is 13.8 Å². The molecule has 1 rings (SSSR count). The molecule has 19 heavy (non-hydrogen) atoms. The van der Waals surface area contributed by atoms with Crippen LogP contribution in [0.3, 0.4) is 0 Å². The van der Waals surface area contributed by atoms with Gasteiger partial charge in [0.05, 0.1) is 18.8 Å². The summed E-state index contributed by atoms with van der Waals surface area (Å²) in [5.41, 5.74) is -0.139. The van der Waals surface area contributed by atoms with Crippen LogP contribution in [0.1, 0.15) is 46.0 Å². The van der Waals surface area contributed by atoms with Crippen LogP contribution in [0, 0.1) is 5.92 Å². The molecule has 0 saturated heterocycles. The monoisotopic (exact) mass is 272 g/mol. The summed E-state index contributed by atoms with van der Waals surface area (Å²) in [4.78, 5) is 23.3. The van der Waals surface area contributed by atoms with E-state index in [1.165, 1.54) is 0 Å². The minimum Gasteiger partial charge on any atom is -0.463 e. The summed E-state index contributed by atoms with van der Waals surface area (Å²) < 4.78 is 23.6. The molecule has 0 unspecified atom stereocenters. The topological polar surface area (TPSA) is 52.6 Å². The Labute approximate surface area is 113 Å². The summed E-state index contributed by atoms with van der Waals surface area (Å²) >= 11 is 0. The SMILES string of the molecule is CCOC(=O)/C(F)=C(/C(=O)OCC)C1CCCCC1. The van der Waals surface area contributed by atoms with Crippen LogP contribution in [0.2, 0.25) is 0 Å². The second-order valence-corrected chi connectivity index (χ2v) is 4.50. The Morgan fingerprint density at radius 2 is 1.53 bits per heavy atom. The lowest BCUT2D eigenvalue weighted by atomic mass is 9.83. The zero-order valence-electron chi connectivity index (χ0n) is 11.5. The molecule has 0 aromatic carbocycles. The van der Waals surface area contributed by atoms with Gasteiger partial charge in [-0.25, -0.2) is 9.59 Å². The lowest BCUT2D eigenvalue weighted by molar-refractivity contribution is -0.143. The van der Waals surface area contributed by atoms with Crippen molar-refractivity contribution >= 4 is 11.9 Å². The zero-order valence-corrected chi connectivity index (χ0v) is 11.5. The number of ether oxygens (including phenoxy) is 2. The van der Waals surface area contributed by atoms with Crippen LogP contribution in [0.4, 0.5) is 4.39 Å². The Balaban J connectivity index is 2.98. The number of hydrogen-bond acceptors (Lipinski definition) is 4. The number of halogens is 1. The van der Waals surface area contributed by atoms with E-state index in [4.69, 9.17) is 4.74 Å². The van der Waals surface area contributed by atoms with E-state index in [-0.39, 0.29) is 24.7 Å². The fourth-order valence-electron chi connectivity index (χ4n) is 2.34. The molecule has 0 aliphatic heterocycles. The third-order valence-electron chi connectivity index (χ3n) is 3.20. The van der Waals surface area contributed by atoms with E-state index < -0.39 is 17.8 Å². The van der Waals surface area contributed by atoms with Gasteiger partial charge in [0.2, 0.25) is 5.83 Å². The number of hydrogen-bond donors (Lipinski definition) is 0. The molecule has 0 amide bonds. The molecule has 1 aliphatic carbocycles. The van der Waals surface area contributed by atoms with Crippen molar-refractivity contribution in [2.45, 2.75) is 46.0 Å². The molecule has 0 aromatic rings. The Bertz CT molecular complexity index is 356. The lowest BCUT2D eigenvalue weighted by Gasteiger charge is -2.23. The van der Waals surface area contributed by atoms with Crippen LogP contribution < -0.4 is 0 Å². The fourth-order valence-corrected chi connectivity index (χ4v) is 2.34. The Kier molecular flexibility index (Phi) is 6.53. The van der Waals surface area contributed by atoms with E-state index >= 15 is 0 Å². The van der Waals surface area contributed by atoms with E-state index in [0.29, 0.717) is 12.8 Å². The number of carbonyl (C=O) groups is 2. The first-order valence-electron chi connectivity index (χ1n) is 6.85. The maximum atomic E-state index is 14.1. The highest BCUT2D eigenvalue weighted by atomic mass is 19.1. The maximum Gasteiger partial charge on any atom is 0.367 e. The van der Waals surface area contributed by atoms with Crippen molar-refractivity contribution in [3.05, 3.63) is 11.4 Å². The van der Waals surface area contributed by atoms with Gasteiger partial charge in [-0.3, -0.25) is 0 Å². The highest BCUT2D eigenvalue weighted by Crippen LogP contribution is 2.32. The van der Waals surface area contributed by atoms with Gasteiger partial charge in [-0.1, -0.05) is 19.3 Å². The first kappa shape index (κ1) is 15.7. The molecule has 1 fully saturated rings. The molecule has 5 heteroatoms. The number of carbonyl (C=O) groups excluding carboxylic acids is 2. The highest BCUT2D eigenvalue weighted by Gasteiger charge is 2.31. The summed E-state index contributed by atoms with van der Waals surface area (Å²) in [5.74, 6) is -3.14. The summed E-state index contributed by atoms with van der Waals surface area (Å²) in [6, 6.07) is 0. The Hall–Kier alpha value is -1.39. The molecule has 108 valence electrons. The van der Waals surface area contributed by atoms with Gasteiger partial charge in [-0.2, -0.15) is 4.39 Å². The first-order chi connectivity index (χ1) is 9.11. The molecule has 4 nitrogen and oxygen atoms in total. The highest BCUT2D eigenvalue weighted by molar-refractivity contribution is 5.99. The molecule has 0 radical (unpaired) electrons. The predicted molar refractivity (Wildman–Crippen MR) is 68.0 cm³/mol. The standard InChI is InChI=1S/C14H21FO4/c1-3-18-13(16)11(10-8-6-5-7-9-10)12(15)14(17)19-4-2/h10H,3-9H2,1-2H3/b12-11-. The lowest BCUT2D eigenvalue weighted by Crippen LogP contribution is -2.22. The quantitative estimate of drug-likeness (QED) is 0.570. The van der Waals surface area contributed by atoms with Crippen molar-refractivity contribution in [3.8, 4) is 0 Å². The fraction of sp³-hybridized carbons (Fsp3) is 0.714. The third-order valence-corrected chi connectivity index (χ3v) is 3.20. The number of esters is 2. The van der Waals surface area contributed by atoms with Crippen molar-refractivity contribution in [3.63, 3.8) is 0 Å². The van der Waals surface area contributed by atoms with Crippen LogP contribution in [0.25, 0.3) is 0 Å². The summed E-state index contributed by atoms with van der Waals surface area (Å²) in [6.45, 7) is 3.48. The van der Waals surface area contributed by atoms with E-state index in [2.05, 4.69) is 4.74 Å². The molecular formula is C14H21FO4. The second-order valence-electron chi connectivity index (χ2n) is 4.50. The Morgan fingerprint density at radius 1 is 1.00 bits per heavy atom. The minimum atomic E-state index is -1.09. The van der Waals surface area contributed by atoms with Crippen LogP contribution in [0.5, 0.6) is 0 Å². The Morgan fingerprint density at radius 3 is 2.05 bits per heavy atom. The molecule has 0 bridgehead atoms. The average molecular weight is 272 g/mol. The smallest absolute Gasteiger partial charge is 0.367 e. The van der Waals surface area contributed by atoms with Gasteiger partial charge in [0, 0.05) is 0 Å². The zero-order chi connectivity index (χ0) is 14.3. The maximum absolute atomic E-state index is 14.1. The molecule has 0 aromatic heterocycles. The van der Waals surface area contributed by atoms with Crippen molar-refractivity contribution in [2.24, 2.45) is 5.92 Å². The summed E-state index contributed by atoms with van der Waals surface area (Å²) in [6.07, 6.45) is 4.36. The normalized spacial score (nSPS) is 17.6. The first-order valence-corrected chi connectivity index (χ1v) is 6.85. The van der Waals surface area contributed by atoms with Crippen LogP contribution in [-0.4, -0.2) is 25.2 Å². The van der Waals surface area contributed by atoms with Gasteiger partial charge in [0.15, 0.2) is 0 Å². The van der Waals surface area contributed by atoms with Crippen LogP contribution in [-0.2, 0) is 19.1 Å². The van der Waals surface area contributed by atoms with Gasteiger partial charge < -0.3 is 9.47 Å². The van der Waals surface area contributed by atoms with E-state index in [0.717, 1.165) is 19.3 Å². The van der Waals surface area contributed by atoms with Crippen molar-refractivity contribution in [1.82, 2.24) is 0 Å². The summed E-state index contributed by atoms with van der Waals surface area (Å²) in [5, 5.41) is 0. The number of rotatable bonds is 5. The van der Waals surface area contributed by atoms with Gasteiger partial charge in [0.1, 0.15) is 0 Å². The van der Waals surface area contributed by atoms with E-state index in [1.807, 2.05) is 0 Å². The van der Waals surface area contributed by atoms with Gasteiger partial charge in [-0.05, 0) is 32.6 Å². The summed E-state index contributed by atoms with van der Waals surface area (Å²) in [7, 11) is 0. The van der Waals surface area contributed by atoms with Crippen molar-refractivity contribution in [1.29, 1.82) is 0 Å². The molecule has 1 saturated carbocycles. The third kappa shape index (κ3) is 4.33. The molecular weight excluding hydrogens is 251 g/mol. The van der Waals surface area contributed by atoms with Crippen LogP contribution >= 0.6 is 0 Å². The molecule has 0 N–H and O–H groups in total. The minimum absolute atomic E-state index is 0.0764. The van der Waals surface area contributed by atoms with Gasteiger partial charge >= 0.3 is 11.9 Å². The molecule has 1 aliphatic rings. The van der Waals surface area contributed by atoms with Crippen LogP contribution in [0.15, 0.2) is 11.4 Å². The largest absolute Gasteiger partial charge is 0.463 e. The molecule has 0 heterocycles. The van der Waals surface area contributed by atoms with Gasteiger partial charge in [-0.15, -0.1) is 0 Å². The van der Waals surface area contributed by atoms with E-state index in [9.17, 15) is 14.0 Å². The predicted octanol–water partition coefficient (Wildman–Crippen LogP) is 2.92. The van der Waals surface area contributed by atoms with Crippen molar-refractivity contribution in [2.75, 3.05) is 13.2 Å². The van der Waals surface area contributed by atoms with Gasteiger partial charge in [0.25, 0.3) is 0 Å².